The minimum Gasteiger partial charge on any atom is -0.341 e. The highest BCUT2D eigenvalue weighted by atomic mass is 19.1. The summed E-state index contributed by atoms with van der Waals surface area (Å²) in [6.07, 6.45) is 3.46. The summed E-state index contributed by atoms with van der Waals surface area (Å²) < 4.78 is 13.4. The summed E-state index contributed by atoms with van der Waals surface area (Å²) in [7, 11) is 0. The average Bonchev–Trinajstić information content (AvgIpc) is 3.41. The van der Waals surface area contributed by atoms with Crippen LogP contribution in [-0.4, -0.2) is 65.3 Å². The van der Waals surface area contributed by atoms with Crippen LogP contribution in [0.4, 0.5) is 4.39 Å². The Balaban J connectivity index is 1.32. The van der Waals surface area contributed by atoms with Crippen LogP contribution >= 0.6 is 0 Å². The molecule has 1 aromatic carbocycles. The summed E-state index contributed by atoms with van der Waals surface area (Å²) in [6.45, 7) is 4.42. The molecule has 2 saturated heterocycles. The highest BCUT2D eigenvalue weighted by molar-refractivity contribution is 5.89. The van der Waals surface area contributed by atoms with E-state index in [1.54, 1.807) is 12.1 Å². The molecule has 2 heterocycles. The predicted octanol–water partition coefficient (Wildman–Crippen LogP) is 1.87. The van der Waals surface area contributed by atoms with Crippen molar-refractivity contribution in [2.75, 3.05) is 32.7 Å². The Morgan fingerprint density at radius 2 is 2.00 bits per heavy atom. The third-order valence-electron chi connectivity index (χ3n) is 5.69. The minimum absolute atomic E-state index is 0.133. The standard InChI is InChI=1S/C20H26FN3O2/c21-17-4-1-3-15(11-17)13-22-7-2-8-23(10-9-22)20(26)16-12-19(25)24(14-16)18-5-6-18/h1,3-4,11,16,18H,2,5-10,12-14H2. The van der Waals surface area contributed by atoms with Crippen molar-refractivity contribution in [3.05, 3.63) is 35.6 Å². The van der Waals surface area contributed by atoms with Gasteiger partial charge in [-0.1, -0.05) is 12.1 Å². The zero-order valence-electron chi connectivity index (χ0n) is 15.1. The average molecular weight is 359 g/mol. The Bertz CT molecular complexity index is 691. The summed E-state index contributed by atoms with van der Waals surface area (Å²) in [5.41, 5.74) is 0.964. The van der Waals surface area contributed by atoms with Crippen molar-refractivity contribution in [3.8, 4) is 0 Å². The van der Waals surface area contributed by atoms with Gasteiger partial charge >= 0.3 is 0 Å². The molecule has 0 bridgehead atoms. The Morgan fingerprint density at radius 3 is 2.77 bits per heavy atom. The van der Waals surface area contributed by atoms with Crippen molar-refractivity contribution in [1.82, 2.24) is 14.7 Å². The van der Waals surface area contributed by atoms with Gasteiger partial charge < -0.3 is 9.80 Å². The molecule has 26 heavy (non-hydrogen) atoms. The van der Waals surface area contributed by atoms with Gasteiger partial charge in [-0.05, 0) is 37.0 Å². The minimum atomic E-state index is -0.208. The molecule has 0 aromatic heterocycles. The van der Waals surface area contributed by atoms with Gasteiger partial charge in [0.25, 0.3) is 0 Å². The maximum absolute atomic E-state index is 13.4. The van der Waals surface area contributed by atoms with Crippen LogP contribution in [0.5, 0.6) is 0 Å². The van der Waals surface area contributed by atoms with E-state index in [1.807, 2.05) is 15.9 Å². The monoisotopic (exact) mass is 359 g/mol. The predicted molar refractivity (Wildman–Crippen MR) is 95.7 cm³/mol. The molecule has 3 fully saturated rings. The van der Waals surface area contributed by atoms with Crippen LogP contribution in [-0.2, 0) is 16.1 Å². The second-order valence-corrected chi connectivity index (χ2v) is 7.76. The fourth-order valence-corrected chi connectivity index (χ4v) is 4.14. The maximum atomic E-state index is 13.4. The zero-order valence-corrected chi connectivity index (χ0v) is 15.1. The number of rotatable bonds is 4. The number of likely N-dealkylation sites (tertiary alicyclic amines) is 1. The van der Waals surface area contributed by atoms with Gasteiger partial charge in [-0.2, -0.15) is 0 Å². The normalized spacial score (nSPS) is 24.8. The van der Waals surface area contributed by atoms with Crippen molar-refractivity contribution in [2.24, 2.45) is 5.92 Å². The Morgan fingerprint density at radius 1 is 1.15 bits per heavy atom. The summed E-state index contributed by atoms with van der Waals surface area (Å²) in [5.74, 6) is -0.0966. The summed E-state index contributed by atoms with van der Waals surface area (Å²) in [4.78, 5) is 31.1. The van der Waals surface area contributed by atoms with E-state index in [2.05, 4.69) is 4.90 Å². The van der Waals surface area contributed by atoms with Crippen LogP contribution in [0.3, 0.4) is 0 Å². The first-order valence-electron chi connectivity index (χ1n) is 9.65. The van der Waals surface area contributed by atoms with Crippen molar-refractivity contribution < 1.29 is 14.0 Å². The van der Waals surface area contributed by atoms with Gasteiger partial charge in [0.15, 0.2) is 0 Å². The van der Waals surface area contributed by atoms with E-state index in [-0.39, 0.29) is 23.5 Å². The third-order valence-corrected chi connectivity index (χ3v) is 5.69. The second-order valence-electron chi connectivity index (χ2n) is 7.76. The fraction of sp³-hybridized carbons (Fsp3) is 0.600. The Kier molecular flexibility index (Phi) is 4.94. The maximum Gasteiger partial charge on any atom is 0.228 e. The molecule has 1 aliphatic carbocycles. The van der Waals surface area contributed by atoms with Gasteiger partial charge in [0.2, 0.25) is 11.8 Å². The van der Waals surface area contributed by atoms with Gasteiger partial charge in [0, 0.05) is 51.7 Å². The molecule has 1 aromatic rings. The molecule has 1 atom stereocenters. The van der Waals surface area contributed by atoms with Crippen molar-refractivity contribution in [2.45, 2.75) is 38.3 Å². The van der Waals surface area contributed by atoms with E-state index in [0.717, 1.165) is 44.5 Å². The lowest BCUT2D eigenvalue weighted by Gasteiger charge is -2.24. The second kappa shape index (κ2) is 7.35. The van der Waals surface area contributed by atoms with Gasteiger partial charge in [-0.25, -0.2) is 4.39 Å². The molecule has 5 nitrogen and oxygen atoms in total. The molecule has 0 radical (unpaired) electrons. The van der Waals surface area contributed by atoms with Crippen LogP contribution in [0.25, 0.3) is 0 Å². The summed E-state index contributed by atoms with van der Waals surface area (Å²) in [5, 5.41) is 0. The lowest BCUT2D eigenvalue weighted by molar-refractivity contribution is -0.135. The number of hydrogen-bond donors (Lipinski definition) is 0. The molecule has 6 heteroatoms. The lowest BCUT2D eigenvalue weighted by atomic mass is 10.1. The first-order chi connectivity index (χ1) is 12.6. The first kappa shape index (κ1) is 17.5. The molecular weight excluding hydrogens is 333 g/mol. The van der Waals surface area contributed by atoms with Gasteiger partial charge in [0.1, 0.15) is 5.82 Å². The lowest BCUT2D eigenvalue weighted by Crippen LogP contribution is -2.40. The molecule has 2 aliphatic heterocycles. The molecule has 140 valence electrons. The third kappa shape index (κ3) is 3.90. The number of benzene rings is 1. The number of carbonyl (C=O) groups is 2. The molecule has 2 amide bonds. The van der Waals surface area contributed by atoms with E-state index >= 15 is 0 Å². The number of carbonyl (C=O) groups excluding carboxylic acids is 2. The summed E-state index contributed by atoms with van der Waals surface area (Å²) >= 11 is 0. The molecule has 1 unspecified atom stereocenters. The molecule has 4 rings (SSSR count). The van der Waals surface area contributed by atoms with Crippen LogP contribution in [0.15, 0.2) is 24.3 Å². The van der Waals surface area contributed by atoms with Gasteiger partial charge in [0.05, 0.1) is 5.92 Å². The van der Waals surface area contributed by atoms with Crippen LogP contribution in [0.1, 0.15) is 31.2 Å². The first-order valence-corrected chi connectivity index (χ1v) is 9.65. The highest BCUT2D eigenvalue weighted by Gasteiger charge is 2.42. The van der Waals surface area contributed by atoms with Gasteiger partial charge in [-0.3, -0.25) is 14.5 Å². The van der Waals surface area contributed by atoms with E-state index in [0.29, 0.717) is 32.1 Å². The van der Waals surface area contributed by atoms with Crippen LogP contribution in [0, 0.1) is 11.7 Å². The Labute approximate surface area is 153 Å². The number of nitrogens with zero attached hydrogens (tertiary/aromatic N) is 3. The number of halogens is 1. The van der Waals surface area contributed by atoms with E-state index in [9.17, 15) is 14.0 Å². The molecule has 0 N–H and O–H groups in total. The van der Waals surface area contributed by atoms with Crippen molar-refractivity contribution in [1.29, 1.82) is 0 Å². The van der Waals surface area contributed by atoms with Crippen LogP contribution in [0.2, 0.25) is 0 Å². The molecular formula is C20H26FN3O2. The molecule has 1 saturated carbocycles. The topological polar surface area (TPSA) is 43.9 Å². The molecule has 0 spiro atoms. The smallest absolute Gasteiger partial charge is 0.228 e. The Hall–Kier alpha value is -1.95. The van der Waals surface area contributed by atoms with E-state index in [4.69, 9.17) is 0 Å². The summed E-state index contributed by atoms with van der Waals surface area (Å²) in [6, 6.07) is 7.10. The van der Waals surface area contributed by atoms with Crippen LogP contribution < -0.4 is 0 Å². The van der Waals surface area contributed by atoms with Crippen molar-refractivity contribution >= 4 is 11.8 Å². The number of amides is 2. The highest BCUT2D eigenvalue weighted by Crippen LogP contribution is 2.33. The molecule has 3 aliphatic rings. The fourth-order valence-electron chi connectivity index (χ4n) is 4.14. The van der Waals surface area contributed by atoms with Crippen molar-refractivity contribution in [3.63, 3.8) is 0 Å². The van der Waals surface area contributed by atoms with E-state index < -0.39 is 0 Å². The van der Waals surface area contributed by atoms with Gasteiger partial charge in [-0.15, -0.1) is 0 Å². The number of hydrogen-bond acceptors (Lipinski definition) is 3. The SMILES string of the molecule is O=C(C1CC(=O)N(C2CC2)C1)N1CCCN(Cc2cccc(F)c2)CC1. The largest absolute Gasteiger partial charge is 0.341 e. The van der Waals surface area contributed by atoms with E-state index in [1.165, 1.54) is 6.07 Å². The zero-order chi connectivity index (χ0) is 18.1. The quantitative estimate of drug-likeness (QED) is 0.824.